The first kappa shape index (κ1) is 21.6. The second-order valence-corrected chi connectivity index (χ2v) is 8.79. The monoisotopic (exact) mass is 473 g/mol. The minimum Gasteiger partial charge on any atom is -0.497 e. The fourth-order valence-electron chi connectivity index (χ4n) is 2.91. The minimum absolute atomic E-state index is 0.0881. The quantitative estimate of drug-likeness (QED) is 0.376. The molecule has 152 valence electrons. The number of amidine groups is 1. The molecule has 0 N–H and O–H groups in total. The number of carbonyl (C=O) groups is 1. The predicted octanol–water partition coefficient (Wildman–Crippen LogP) is 5.48. The van der Waals surface area contributed by atoms with Gasteiger partial charge in [-0.25, -0.2) is 0 Å². The Bertz CT molecular complexity index is 882. The summed E-state index contributed by atoms with van der Waals surface area (Å²) in [6.07, 6.45) is 4.65. The van der Waals surface area contributed by atoms with Crippen molar-refractivity contribution in [1.29, 1.82) is 0 Å². The van der Waals surface area contributed by atoms with E-state index in [1.54, 1.807) is 18.2 Å². The van der Waals surface area contributed by atoms with Gasteiger partial charge >= 0.3 is 0 Å². The van der Waals surface area contributed by atoms with E-state index in [2.05, 4.69) is 33.1 Å². The van der Waals surface area contributed by atoms with Crippen molar-refractivity contribution in [2.24, 2.45) is 10.2 Å². The Kier molecular flexibility index (Phi) is 7.89. The number of hydrogen-bond donors (Lipinski definition) is 0. The molecule has 1 unspecified atom stereocenters. The molecule has 0 aliphatic carbocycles. The lowest BCUT2D eigenvalue weighted by molar-refractivity contribution is -0.126. The van der Waals surface area contributed by atoms with Crippen LogP contribution in [0, 0.1) is 0 Å². The van der Waals surface area contributed by atoms with E-state index in [9.17, 15) is 4.79 Å². The summed E-state index contributed by atoms with van der Waals surface area (Å²) in [5.74, 6) is 0.904. The van der Waals surface area contributed by atoms with Gasteiger partial charge in [0.1, 0.15) is 5.75 Å². The van der Waals surface area contributed by atoms with Crippen molar-refractivity contribution in [3.8, 4) is 5.75 Å². The molecule has 5 nitrogen and oxygen atoms in total. The molecule has 1 heterocycles. The van der Waals surface area contributed by atoms with E-state index in [-0.39, 0.29) is 11.2 Å². The van der Waals surface area contributed by atoms with Crippen molar-refractivity contribution >= 4 is 45.0 Å². The first-order chi connectivity index (χ1) is 14.1. The van der Waals surface area contributed by atoms with E-state index in [0.29, 0.717) is 11.7 Å². The fraction of sp³-hybridized carbons (Fsp3) is 0.318. The van der Waals surface area contributed by atoms with Crippen molar-refractivity contribution in [3.63, 3.8) is 0 Å². The molecule has 29 heavy (non-hydrogen) atoms. The number of halogens is 1. The highest BCUT2D eigenvalue weighted by Gasteiger charge is 2.37. The molecule has 1 aliphatic rings. The first-order valence-corrected chi connectivity index (χ1v) is 11.3. The normalized spacial score (nSPS) is 18.2. The molecule has 1 aliphatic heterocycles. The van der Waals surface area contributed by atoms with Crippen LogP contribution < -0.4 is 4.74 Å². The molecule has 1 amide bonds. The van der Waals surface area contributed by atoms with Crippen LogP contribution in [-0.4, -0.2) is 34.5 Å². The maximum Gasteiger partial charge on any atom is 0.242 e. The first-order valence-electron chi connectivity index (χ1n) is 9.58. The molecule has 0 bridgehead atoms. The molecule has 0 radical (unpaired) electrons. The number of hydrogen-bond acceptors (Lipinski definition) is 5. The largest absolute Gasteiger partial charge is 0.497 e. The summed E-state index contributed by atoms with van der Waals surface area (Å²) in [6.45, 7) is 2.61. The number of nitrogens with zero attached hydrogens (tertiary/aromatic N) is 3. The Balaban J connectivity index is 1.78. The molecular formula is C22H24BrN3O2S. The Hall–Kier alpha value is -2.12. The van der Waals surface area contributed by atoms with Gasteiger partial charge in [-0.1, -0.05) is 71.7 Å². The highest BCUT2D eigenvalue weighted by atomic mass is 79.9. The Morgan fingerprint density at radius 2 is 1.90 bits per heavy atom. The van der Waals surface area contributed by atoms with Crippen molar-refractivity contribution in [1.82, 2.24) is 4.90 Å². The van der Waals surface area contributed by atoms with Gasteiger partial charge in [0.15, 0.2) is 5.17 Å². The second kappa shape index (κ2) is 10.6. The smallest absolute Gasteiger partial charge is 0.242 e. The molecule has 1 fully saturated rings. The van der Waals surface area contributed by atoms with Crippen molar-refractivity contribution in [2.45, 2.75) is 38.0 Å². The van der Waals surface area contributed by atoms with E-state index in [0.717, 1.165) is 40.6 Å². The van der Waals surface area contributed by atoms with E-state index in [4.69, 9.17) is 4.74 Å². The maximum absolute atomic E-state index is 13.0. The van der Waals surface area contributed by atoms with E-state index in [1.165, 1.54) is 11.8 Å². The average Bonchev–Trinajstić information content (AvgIpc) is 3.03. The van der Waals surface area contributed by atoms with Crippen LogP contribution in [-0.2, 0) is 11.3 Å². The van der Waals surface area contributed by atoms with E-state index < -0.39 is 0 Å². The zero-order chi connectivity index (χ0) is 20.6. The zero-order valence-corrected chi connectivity index (χ0v) is 18.9. The lowest BCUT2D eigenvalue weighted by Crippen LogP contribution is -2.31. The van der Waals surface area contributed by atoms with Gasteiger partial charge in [0.05, 0.1) is 25.1 Å². The van der Waals surface area contributed by atoms with Crippen LogP contribution in [0.4, 0.5) is 0 Å². The van der Waals surface area contributed by atoms with E-state index in [1.807, 2.05) is 48.5 Å². The molecule has 0 spiro atoms. The minimum atomic E-state index is -0.0881. The fourth-order valence-corrected chi connectivity index (χ4v) is 4.32. The Labute approximate surface area is 184 Å². The Morgan fingerprint density at radius 1 is 1.17 bits per heavy atom. The zero-order valence-electron chi connectivity index (χ0n) is 16.5. The third kappa shape index (κ3) is 5.93. The third-order valence-electron chi connectivity index (χ3n) is 4.56. The van der Waals surface area contributed by atoms with Gasteiger partial charge in [-0.05, 0) is 41.8 Å². The standard InChI is InChI=1S/C22H24BrN3O2S/c1-3-4-5-20-21(27)26(15-17-8-12-19(28-2)13-9-17)22(29-20)25-24-14-16-6-10-18(23)11-7-16/h6-14,20H,3-5,15H2,1-2H3/b24-14+,25-22+. The number of benzene rings is 2. The SMILES string of the molecule is CCCCC1S/C(=N/N=C/c2ccc(Br)cc2)N(Cc2ccc(OC)cc2)C1=O. The molecule has 1 saturated heterocycles. The van der Waals surface area contributed by atoms with Crippen molar-refractivity contribution in [2.75, 3.05) is 7.11 Å². The summed E-state index contributed by atoms with van der Waals surface area (Å²) in [4.78, 5) is 14.7. The van der Waals surface area contributed by atoms with Gasteiger partial charge in [0.2, 0.25) is 5.91 Å². The lowest BCUT2D eigenvalue weighted by Gasteiger charge is -2.16. The van der Waals surface area contributed by atoms with Crippen LogP contribution in [0.3, 0.4) is 0 Å². The van der Waals surface area contributed by atoms with Gasteiger partial charge in [-0.3, -0.25) is 9.69 Å². The number of thioether (sulfide) groups is 1. The molecule has 0 saturated carbocycles. The van der Waals surface area contributed by atoms with Crippen LogP contribution in [0.15, 0.2) is 63.2 Å². The highest BCUT2D eigenvalue weighted by Crippen LogP contribution is 2.32. The predicted molar refractivity (Wildman–Crippen MR) is 124 cm³/mol. The topological polar surface area (TPSA) is 54.3 Å². The Morgan fingerprint density at radius 3 is 2.55 bits per heavy atom. The second-order valence-electron chi connectivity index (χ2n) is 6.70. The summed E-state index contributed by atoms with van der Waals surface area (Å²) >= 11 is 4.93. The summed E-state index contributed by atoms with van der Waals surface area (Å²) < 4.78 is 6.23. The van der Waals surface area contributed by atoms with Crippen LogP contribution in [0.1, 0.15) is 37.3 Å². The van der Waals surface area contributed by atoms with Crippen molar-refractivity contribution < 1.29 is 9.53 Å². The molecule has 2 aromatic carbocycles. The summed E-state index contributed by atoms with van der Waals surface area (Å²) in [6, 6.07) is 15.6. The summed E-state index contributed by atoms with van der Waals surface area (Å²) in [5, 5.41) is 9.18. The third-order valence-corrected chi connectivity index (χ3v) is 6.32. The molecule has 3 rings (SSSR count). The van der Waals surface area contributed by atoms with Gasteiger partial charge in [-0.2, -0.15) is 5.10 Å². The molecular weight excluding hydrogens is 450 g/mol. The van der Waals surface area contributed by atoms with Crippen LogP contribution >= 0.6 is 27.7 Å². The molecule has 2 aromatic rings. The number of amides is 1. The van der Waals surface area contributed by atoms with E-state index >= 15 is 0 Å². The van der Waals surface area contributed by atoms with Crippen LogP contribution in [0.25, 0.3) is 0 Å². The van der Waals surface area contributed by atoms with Crippen molar-refractivity contribution in [3.05, 3.63) is 64.1 Å². The van der Waals surface area contributed by atoms with Crippen LogP contribution in [0.2, 0.25) is 0 Å². The van der Waals surface area contributed by atoms with Crippen LogP contribution in [0.5, 0.6) is 5.75 Å². The van der Waals surface area contributed by atoms with Gasteiger partial charge < -0.3 is 4.74 Å². The number of rotatable bonds is 8. The maximum atomic E-state index is 13.0. The average molecular weight is 474 g/mol. The number of unbranched alkanes of at least 4 members (excludes halogenated alkanes) is 1. The van der Waals surface area contributed by atoms with Gasteiger partial charge in [0.25, 0.3) is 0 Å². The number of carbonyl (C=O) groups excluding carboxylic acids is 1. The lowest BCUT2D eigenvalue weighted by atomic mass is 10.1. The molecule has 7 heteroatoms. The highest BCUT2D eigenvalue weighted by molar-refractivity contribution is 9.10. The summed E-state index contributed by atoms with van der Waals surface area (Å²) in [5.41, 5.74) is 1.98. The molecule has 1 atom stereocenters. The molecule has 0 aromatic heterocycles. The summed E-state index contributed by atoms with van der Waals surface area (Å²) in [7, 11) is 1.64. The van der Waals surface area contributed by atoms with Gasteiger partial charge in [0, 0.05) is 4.47 Å². The van der Waals surface area contributed by atoms with Gasteiger partial charge in [-0.15, -0.1) is 5.10 Å². The number of methoxy groups -OCH3 is 1. The number of ether oxygens (including phenoxy) is 1.